The Morgan fingerprint density at radius 3 is 2.36 bits per heavy atom. The maximum atomic E-state index is 13.9. The molecule has 3 N–H and O–H groups in total. The quantitative estimate of drug-likeness (QED) is 0.889. The molecule has 0 saturated heterocycles. The van der Waals surface area contributed by atoms with Crippen molar-refractivity contribution in [2.45, 2.75) is 51.7 Å². The summed E-state index contributed by atoms with van der Waals surface area (Å²) in [6.45, 7) is 6.25. The number of benzene rings is 1. The number of carbonyl (C=O) groups is 1. The normalized spacial score (nSPS) is 14.6. The fourth-order valence-electron chi connectivity index (χ4n) is 1.68. The number of carbonyl (C=O) groups excluding carboxylic acids is 1. The summed E-state index contributed by atoms with van der Waals surface area (Å²) < 4.78 is 44.4. The van der Waals surface area contributed by atoms with E-state index in [4.69, 9.17) is 10.5 Å². The van der Waals surface area contributed by atoms with Crippen molar-refractivity contribution in [1.82, 2.24) is 0 Å². The molecule has 1 aromatic rings. The van der Waals surface area contributed by atoms with Crippen LogP contribution in [0.15, 0.2) is 18.2 Å². The summed E-state index contributed by atoms with van der Waals surface area (Å²) in [4.78, 5) is 11.6. The van der Waals surface area contributed by atoms with Crippen LogP contribution in [0, 0.1) is 5.82 Å². The first-order chi connectivity index (χ1) is 9.90. The van der Waals surface area contributed by atoms with Crippen LogP contribution in [0.25, 0.3) is 0 Å². The molecule has 1 amide bonds. The van der Waals surface area contributed by atoms with Gasteiger partial charge < -0.3 is 10.5 Å². The molecule has 4 nitrogen and oxygen atoms in total. The fourth-order valence-corrected chi connectivity index (χ4v) is 1.68. The predicted octanol–water partition coefficient (Wildman–Crippen LogP) is 3.70. The van der Waals surface area contributed by atoms with Gasteiger partial charge in [0.1, 0.15) is 11.4 Å². The van der Waals surface area contributed by atoms with Crippen molar-refractivity contribution in [2.24, 2.45) is 5.73 Å². The molecule has 1 aromatic carbocycles. The summed E-state index contributed by atoms with van der Waals surface area (Å²) in [7, 11) is 0. The van der Waals surface area contributed by atoms with E-state index < -0.39 is 29.5 Å². The highest BCUT2D eigenvalue weighted by molar-refractivity contribution is 5.84. The molecular formula is C15H21F3N2O2. The minimum absolute atomic E-state index is 0.0556. The molecular weight excluding hydrogens is 297 g/mol. The molecule has 124 valence electrons. The van der Waals surface area contributed by atoms with Crippen molar-refractivity contribution in [3.63, 3.8) is 0 Å². The Morgan fingerprint density at radius 2 is 1.91 bits per heavy atom. The highest BCUT2D eigenvalue weighted by Crippen LogP contribution is 2.22. The fraction of sp³-hybridized carbons (Fsp3) is 0.533. The minimum Gasteiger partial charge on any atom is -0.444 e. The van der Waals surface area contributed by atoms with E-state index in [1.165, 1.54) is 12.1 Å². The SMILES string of the molecule is CC(C)(C)OC(=O)Nc1ccc(CC(C)(N)C(F)F)c(F)c1. The molecule has 22 heavy (non-hydrogen) atoms. The van der Waals surface area contributed by atoms with Gasteiger partial charge in [-0.1, -0.05) is 6.07 Å². The molecule has 1 unspecified atom stereocenters. The second-order valence-corrected chi connectivity index (χ2v) is 6.42. The van der Waals surface area contributed by atoms with Gasteiger partial charge in [0, 0.05) is 5.69 Å². The van der Waals surface area contributed by atoms with E-state index in [0.717, 1.165) is 13.0 Å². The molecule has 0 aliphatic rings. The topological polar surface area (TPSA) is 64.3 Å². The van der Waals surface area contributed by atoms with E-state index in [9.17, 15) is 18.0 Å². The van der Waals surface area contributed by atoms with Gasteiger partial charge in [0.05, 0.1) is 5.54 Å². The van der Waals surface area contributed by atoms with Gasteiger partial charge in [-0.15, -0.1) is 0 Å². The molecule has 1 atom stereocenters. The molecule has 0 aliphatic carbocycles. The van der Waals surface area contributed by atoms with Crippen molar-refractivity contribution in [3.05, 3.63) is 29.6 Å². The zero-order valence-electron chi connectivity index (χ0n) is 13.0. The van der Waals surface area contributed by atoms with Crippen LogP contribution in [0.5, 0.6) is 0 Å². The molecule has 7 heteroatoms. The summed E-state index contributed by atoms with van der Waals surface area (Å²) in [5.41, 5.74) is 3.17. The van der Waals surface area contributed by atoms with Gasteiger partial charge in [-0.05, 0) is 51.8 Å². The van der Waals surface area contributed by atoms with E-state index in [1.807, 2.05) is 0 Å². The third kappa shape index (κ3) is 5.55. The largest absolute Gasteiger partial charge is 0.444 e. The number of nitrogens with two attached hydrogens (primary N) is 1. The summed E-state index contributed by atoms with van der Waals surface area (Å²) in [6, 6.07) is 3.76. The Balaban J connectivity index is 2.80. The van der Waals surface area contributed by atoms with Gasteiger partial charge in [-0.3, -0.25) is 5.32 Å². The van der Waals surface area contributed by atoms with E-state index in [0.29, 0.717) is 0 Å². The van der Waals surface area contributed by atoms with Crippen LogP contribution < -0.4 is 11.1 Å². The zero-order valence-corrected chi connectivity index (χ0v) is 13.0. The number of hydrogen-bond acceptors (Lipinski definition) is 3. The van der Waals surface area contributed by atoms with Crippen molar-refractivity contribution < 1.29 is 22.7 Å². The number of halogens is 3. The van der Waals surface area contributed by atoms with E-state index >= 15 is 0 Å². The van der Waals surface area contributed by atoms with Crippen LogP contribution in [0.4, 0.5) is 23.7 Å². The predicted molar refractivity (Wildman–Crippen MR) is 78.6 cm³/mol. The Bertz CT molecular complexity index is 540. The van der Waals surface area contributed by atoms with Crippen LogP contribution in [0.1, 0.15) is 33.3 Å². The number of ether oxygens (including phenoxy) is 1. The summed E-state index contributed by atoms with van der Waals surface area (Å²) in [5.74, 6) is -0.717. The second kappa shape index (κ2) is 6.56. The van der Waals surface area contributed by atoms with Gasteiger partial charge in [0.15, 0.2) is 0 Å². The summed E-state index contributed by atoms with van der Waals surface area (Å²) in [5, 5.41) is 2.37. The van der Waals surface area contributed by atoms with Crippen LogP contribution in [-0.4, -0.2) is 23.7 Å². The second-order valence-electron chi connectivity index (χ2n) is 6.42. The molecule has 0 spiro atoms. The van der Waals surface area contributed by atoms with Gasteiger partial charge >= 0.3 is 6.09 Å². The number of nitrogens with one attached hydrogen (secondary N) is 1. The van der Waals surface area contributed by atoms with Crippen molar-refractivity contribution in [2.75, 3.05) is 5.32 Å². The van der Waals surface area contributed by atoms with Crippen LogP contribution in [0.2, 0.25) is 0 Å². The van der Waals surface area contributed by atoms with Crippen LogP contribution >= 0.6 is 0 Å². The maximum Gasteiger partial charge on any atom is 0.412 e. The average molecular weight is 318 g/mol. The number of anilines is 1. The first kappa shape index (κ1) is 18.3. The maximum absolute atomic E-state index is 13.9. The highest BCUT2D eigenvalue weighted by Gasteiger charge is 2.31. The average Bonchev–Trinajstić information content (AvgIpc) is 2.29. The van der Waals surface area contributed by atoms with Gasteiger partial charge in [0.25, 0.3) is 6.43 Å². The van der Waals surface area contributed by atoms with E-state index in [1.54, 1.807) is 20.8 Å². The molecule has 0 bridgehead atoms. The third-order valence-electron chi connectivity index (χ3n) is 2.77. The Kier molecular flexibility index (Phi) is 5.45. The monoisotopic (exact) mass is 318 g/mol. The lowest BCUT2D eigenvalue weighted by Gasteiger charge is -2.24. The molecule has 0 saturated carbocycles. The minimum atomic E-state index is -2.77. The van der Waals surface area contributed by atoms with Crippen molar-refractivity contribution in [3.8, 4) is 0 Å². The Labute approximate surface area is 127 Å². The first-order valence-electron chi connectivity index (χ1n) is 6.76. The van der Waals surface area contributed by atoms with Crippen molar-refractivity contribution in [1.29, 1.82) is 0 Å². The Hall–Kier alpha value is -1.76. The van der Waals surface area contributed by atoms with Crippen LogP contribution in [-0.2, 0) is 11.2 Å². The zero-order chi connectivity index (χ0) is 17.1. The molecule has 0 heterocycles. The van der Waals surface area contributed by atoms with Crippen molar-refractivity contribution >= 4 is 11.8 Å². The van der Waals surface area contributed by atoms with E-state index in [2.05, 4.69) is 5.32 Å². The number of amides is 1. The summed E-state index contributed by atoms with van der Waals surface area (Å²) >= 11 is 0. The molecule has 1 rings (SSSR count). The first-order valence-corrected chi connectivity index (χ1v) is 6.76. The molecule has 0 fully saturated rings. The number of hydrogen-bond donors (Lipinski definition) is 2. The van der Waals surface area contributed by atoms with Crippen LogP contribution in [0.3, 0.4) is 0 Å². The standard InChI is InChI=1S/C15H21F3N2O2/c1-14(2,3)22-13(21)20-10-6-5-9(11(16)7-10)8-15(4,19)12(17)18/h5-7,12H,8,19H2,1-4H3,(H,20,21). The third-order valence-corrected chi connectivity index (χ3v) is 2.77. The lowest BCUT2D eigenvalue weighted by Crippen LogP contribution is -2.46. The number of alkyl halides is 2. The number of rotatable bonds is 4. The van der Waals surface area contributed by atoms with Gasteiger partial charge in [0.2, 0.25) is 0 Å². The molecule has 0 aliphatic heterocycles. The lowest BCUT2D eigenvalue weighted by atomic mass is 9.94. The van der Waals surface area contributed by atoms with Gasteiger partial charge in [-0.25, -0.2) is 18.0 Å². The molecule has 0 aromatic heterocycles. The summed E-state index contributed by atoms with van der Waals surface area (Å²) in [6.07, 6.45) is -3.81. The molecule has 0 radical (unpaired) electrons. The Morgan fingerprint density at radius 1 is 1.32 bits per heavy atom. The van der Waals surface area contributed by atoms with Gasteiger partial charge in [-0.2, -0.15) is 0 Å². The highest BCUT2D eigenvalue weighted by atomic mass is 19.3. The lowest BCUT2D eigenvalue weighted by molar-refractivity contribution is 0.0633. The van der Waals surface area contributed by atoms with E-state index in [-0.39, 0.29) is 17.7 Å². The smallest absolute Gasteiger partial charge is 0.412 e.